The SMILES string of the molecule is CCCCCCCOc1ccc(C(=O)Oc2ccc(-n3ccnc3)cc2)cc1. The fraction of sp³-hybridized carbons (Fsp3) is 0.304. The van der Waals surface area contributed by atoms with Gasteiger partial charge in [0, 0.05) is 18.1 Å². The summed E-state index contributed by atoms with van der Waals surface area (Å²) in [4.78, 5) is 16.3. The molecule has 3 aromatic rings. The van der Waals surface area contributed by atoms with Crippen molar-refractivity contribution >= 4 is 5.97 Å². The lowest BCUT2D eigenvalue weighted by Gasteiger charge is -2.08. The molecule has 0 amide bonds. The Balaban J connectivity index is 1.48. The van der Waals surface area contributed by atoms with Crippen LogP contribution in [0.4, 0.5) is 0 Å². The minimum atomic E-state index is -0.388. The van der Waals surface area contributed by atoms with Gasteiger partial charge in [0.2, 0.25) is 0 Å². The van der Waals surface area contributed by atoms with Gasteiger partial charge in [-0.15, -0.1) is 0 Å². The minimum absolute atomic E-state index is 0.388. The maximum absolute atomic E-state index is 12.3. The number of hydrogen-bond acceptors (Lipinski definition) is 4. The molecule has 28 heavy (non-hydrogen) atoms. The molecule has 0 bridgehead atoms. The van der Waals surface area contributed by atoms with E-state index in [1.807, 2.05) is 35.0 Å². The number of aromatic nitrogens is 2. The molecule has 0 atom stereocenters. The molecule has 2 aromatic carbocycles. The minimum Gasteiger partial charge on any atom is -0.494 e. The van der Waals surface area contributed by atoms with Crippen LogP contribution in [-0.2, 0) is 0 Å². The van der Waals surface area contributed by atoms with E-state index in [2.05, 4.69) is 11.9 Å². The Morgan fingerprint density at radius 2 is 1.64 bits per heavy atom. The van der Waals surface area contributed by atoms with Gasteiger partial charge in [-0.1, -0.05) is 32.6 Å². The van der Waals surface area contributed by atoms with Crippen LogP contribution in [0.5, 0.6) is 11.5 Å². The van der Waals surface area contributed by atoms with E-state index in [1.54, 1.807) is 36.8 Å². The number of unbranched alkanes of at least 4 members (excludes halogenated alkanes) is 4. The van der Waals surface area contributed by atoms with Crippen molar-refractivity contribution in [2.24, 2.45) is 0 Å². The normalized spacial score (nSPS) is 10.6. The van der Waals surface area contributed by atoms with Gasteiger partial charge in [0.05, 0.1) is 18.5 Å². The largest absolute Gasteiger partial charge is 0.494 e. The number of esters is 1. The predicted octanol–water partition coefficient (Wildman–Crippen LogP) is 5.44. The Morgan fingerprint density at radius 1 is 0.929 bits per heavy atom. The Labute approximate surface area is 165 Å². The lowest BCUT2D eigenvalue weighted by Crippen LogP contribution is -2.08. The van der Waals surface area contributed by atoms with Gasteiger partial charge in [-0.05, 0) is 55.0 Å². The van der Waals surface area contributed by atoms with Crippen LogP contribution in [0.3, 0.4) is 0 Å². The van der Waals surface area contributed by atoms with Crippen molar-refractivity contribution in [3.63, 3.8) is 0 Å². The van der Waals surface area contributed by atoms with Gasteiger partial charge in [0.1, 0.15) is 11.5 Å². The highest BCUT2D eigenvalue weighted by molar-refractivity contribution is 5.91. The summed E-state index contributed by atoms with van der Waals surface area (Å²) < 4.78 is 13.1. The average Bonchev–Trinajstić information content (AvgIpc) is 3.26. The molecule has 146 valence electrons. The van der Waals surface area contributed by atoms with E-state index in [0.717, 1.165) is 17.9 Å². The van der Waals surface area contributed by atoms with Crippen molar-refractivity contribution in [1.82, 2.24) is 9.55 Å². The molecule has 3 rings (SSSR count). The Morgan fingerprint density at radius 3 is 2.32 bits per heavy atom. The van der Waals surface area contributed by atoms with Crippen molar-refractivity contribution in [2.75, 3.05) is 6.61 Å². The first-order valence-corrected chi connectivity index (χ1v) is 9.79. The highest BCUT2D eigenvalue weighted by Gasteiger charge is 2.09. The molecule has 0 fully saturated rings. The van der Waals surface area contributed by atoms with E-state index in [0.29, 0.717) is 17.9 Å². The third-order valence-corrected chi connectivity index (χ3v) is 4.46. The summed E-state index contributed by atoms with van der Waals surface area (Å²) in [5.74, 6) is 0.888. The predicted molar refractivity (Wildman–Crippen MR) is 109 cm³/mol. The Bertz CT molecular complexity index is 841. The van der Waals surface area contributed by atoms with Crippen LogP contribution < -0.4 is 9.47 Å². The van der Waals surface area contributed by atoms with E-state index in [-0.39, 0.29) is 5.97 Å². The molecule has 0 aliphatic rings. The Kier molecular flexibility index (Phi) is 7.24. The highest BCUT2D eigenvalue weighted by Crippen LogP contribution is 2.18. The van der Waals surface area contributed by atoms with E-state index in [9.17, 15) is 4.79 Å². The van der Waals surface area contributed by atoms with Crippen molar-refractivity contribution < 1.29 is 14.3 Å². The van der Waals surface area contributed by atoms with E-state index < -0.39 is 0 Å². The van der Waals surface area contributed by atoms with Gasteiger partial charge in [-0.25, -0.2) is 9.78 Å². The molecular weight excluding hydrogens is 352 g/mol. The standard InChI is InChI=1S/C23H26N2O3/c1-2-3-4-5-6-17-27-21-11-7-19(8-12-21)23(26)28-22-13-9-20(10-14-22)25-16-15-24-18-25/h7-16,18H,2-6,17H2,1H3. The monoisotopic (exact) mass is 378 g/mol. The van der Waals surface area contributed by atoms with Crippen LogP contribution in [0.2, 0.25) is 0 Å². The van der Waals surface area contributed by atoms with Crippen LogP contribution in [0, 0.1) is 0 Å². The molecule has 0 spiro atoms. The summed E-state index contributed by atoms with van der Waals surface area (Å²) in [6, 6.07) is 14.4. The van der Waals surface area contributed by atoms with Gasteiger partial charge in [0.25, 0.3) is 0 Å². The molecule has 5 nitrogen and oxygen atoms in total. The zero-order valence-electron chi connectivity index (χ0n) is 16.2. The third kappa shape index (κ3) is 5.71. The van der Waals surface area contributed by atoms with E-state index in [1.165, 1.54) is 25.7 Å². The number of ether oxygens (including phenoxy) is 2. The maximum Gasteiger partial charge on any atom is 0.343 e. The van der Waals surface area contributed by atoms with Gasteiger partial charge >= 0.3 is 5.97 Å². The molecule has 0 aliphatic heterocycles. The topological polar surface area (TPSA) is 53.4 Å². The quantitative estimate of drug-likeness (QED) is 0.268. The fourth-order valence-corrected chi connectivity index (χ4v) is 2.85. The highest BCUT2D eigenvalue weighted by atomic mass is 16.5. The zero-order chi connectivity index (χ0) is 19.6. The summed E-state index contributed by atoms with van der Waals surface area (Å²) in [5.41, 5.74) is 1.45. The maximum atomic E-state index is 12.3. The number of carbonyl (C=O) groups is 1. The lowest BCUT2D eigenvalue weighted by molar-refractivity contribution is 0.0734. The fourth-order valence-electron chi connectivity index (χ4n) is 2.85. The number of rotatable bonds is 10. The first-order valence-electron chi connectivity index (χ1n) is 9.79. The second-order valence-corrected chi connectivity index (χ2v) is 6.64. The first-order chi connectivity index (χ1) is 13.8. The smallest absolute Gasteiger partial charge is 0.343 e. The summed E-state index contributed by atoms with van der Waals surface area (Å²) in [7, 11) is 0. The summed E-state index contributed by atoms with van der Waals surface area (Å²) in [5, 5.41) is 0. The van der Waals surface area contributed by atoms with Crippen molar-refractivity contribution in [1.29, 1.82) is 0 Å². The van der Waals surface area contributed by atoms with Crippen LogP contribution in [0.1, 0.15) is 49.4 Å². The van der Waals surface area contributed by atoms with Crippen LogP contribution in [0.15, 0.2) is 67.3 Å². The van der Waals surface area contributed by atoms with Crippen molar-refractivity contribution in [2.45, 2.75) is 39.0 Å². The number of benzene rings is 2. The van der Waals surface area contributed by atoms with E-state index >= 15 is 0 Å². The lowest BCUT2D eigenvalue weighted by atomic mass is 10.2. The second kappa shape index (κ2) is 10.3. The van der Waals surface area contributed by atoms with Gasteiger partial charge in [-0.2, -0.15) is 0 Å². The molecule has 0 saturated carbocycles. The summed E-state index contributed by atoms with van der Waals surface area (Å²) >= 11 is 0. The van der Waals surface area contributed by atoms with Crippen LogP contribution >= 0.6 is 0 Å². The van der Waals surface area contributed by atoms with Crippen molar-refractivity contribution in [3.8, 4) is 17.2 Å². The molecule has 0 radical (unpaired) electrons. The van der Waals surface area contributed by atoms with Crippen LogP contribution in [0.25, 0.3) is 5.69 Å². The van der Waals surface area contributed by atoms with Gasteiger partial charge in [0.15, 0.2) is 0 Å². The summed E-state index contributed by atoms with van der Waals surface area (Å²) in [6.45, 7) is 2.91. The average molecular weight is 378 g/mol. The van der Waals surface area contributed by atoms with Crippen molar-refractivity contribution in [3.05, 3.63) is 72.8 Å². The van der Waals surface area contributed by atoms with Crippen LogP contribution in [-0.4, -0.2) is 22.1 Å². The van der Waals surface area contributed by atoms with E-state index in [4.69, 9.17) is 9.47 Å². The number of hydrogen-bond donors (Lipinski definition) is 0. The molecule has 0 N–H and O–H groups in total. The molecule has 0 unspecified atom stereocenters. The molecule has 0 aliphatic carbocycles. The number of nitrogens with zero attached hydrogens (tertiary/aromatic N) is 2. The zero-order valence-corrected chi connectivity index (χ0v) is 16.2. The Hall–Kier alpha value is -3.08. The van der Waals surface area contributed by atoms with Gasteiger partial charge in [-0.3, -0.25) is 0 Å². The molecule has 0 saturated heterocycles. The third-order valence-electron chi connectivity index (χ3n) is 4.46. The molecule has 1 aromatic heterocycles. The summed E-state index contributed by atoms with van der Waals surface area (Å²) in [6.07, 6.45) is 11.3. The van der Waals surface area contributed by atoms with Gasteiger partial charge < -0.3 is 14.0 Å². The number of carbonyl (C=O) groups excluding carboxylic acids is 1. The first kappa shape index (κ1) is 19.7. The number of imidazole rings is 1. The molecular formula is C23H26N2O3. The molecule has 1 heterocycles. The second-order valence-electron chi connectivity index (χ2n) is 6.64. The molecule has 5 heteroatoms.